The Morgan fingerprint density at radius 3 is 2.77 bits per heavy atom. The van der Waals surface area contributed by atoms with E-state index in [1.54, 1.807) is 6.08 Å². The van der Waals surface area contributed by atoms with Crippen molar-refractivity contribution in [3.05, 3.63) is 48.6 Å². The summed E-state index contributed by atoms with van der Waals surface area (Å²) in [6, 6.07) is 9.68. The van der Waals surface area contributed by atoms with E-state index in [1.807, 2.05) is 30.3 Å². The number of carbonyl (C=O) groups excluding carboxylic acids is 1. The molecule has 2 aliphatic rings. The van der Waals surface area contributed by atoms with Crippen molar-refractivity contribution in [1.29, 1.82) is 0 Å². The summed E-state index contributed by atoms with van der Waals surface area (Å²) in [6.07, 6.45) is 0.263. The Kier molecular flexibility index (Phi) is 4.69. The van der Waals surface area contributed by atoms with Gasteiger partial charge < -0.3 is 18.9 Å². The van der Waals surface area contributed by atoms with Crippen LogP contribution in [0.3, 0.4) is 0 Å². The predicted molar refractivity (Wildman–Crippen MR) is 79.0 cm³/mol. The lowest BCUT2D eigenvalue weighted by atomic mass is 9.87. The van der Waals surface area contributed by atoms with Crippen LogP contribution in [0.4, 0.5) is 0 Å². The van der Waals surface area contributed by atoms with E-state index in [1.165, 1.54) is 7.11 Å². The molecule has 0 spiro atoms. The molecule has 0 bridgehead atoms. The lowest BCUT2D eigenvalue weighted by molar-refractivity contribution is -0.311. The average Bonchev–Trinajstić information content (AvgIpc) is 2.57. The largest absolute Gasteiger partial charge is 0.349 e. The fourth-order valence-corrected chi connectivity index (χ4v) is 2.97. The molecule has 2 aliphatic heterocycles. The molecule has 0 radical (unpaired) electrons. The number of allylic oxidation sites excluding steroid dienone is 1. The normalized spacial score (nSPS) is 35.0. The van der Waals surface area contributed by atoms with Crippen molar-refractivity contribution in [1.82, 2.24) is 0 Å². The van der Waals surface area contributed by atoms with Gasteiger partial charge >= 0.3 is 0 Å². The van der Waals surface area contributed by atoms with Crippen molar-refractivity contribution in [2.24, 2.45) is 5.92 Å². The summed E-state index contributed by atoms with van der Waals surface area (Å²) < 4.78 is 22.6. The van der Waals surface area contributed by atoms with Crippen LogP contribution >= 0.6 is 0 Å². The number of fused-ring (bicyclic) bond motifs is 1. The van der Waals surface area contributed by atoms with Gasteiger partial charge in [-0.15, -0.1) is 6.58 Å². The first-order chi connectivity index (χ1) is 10.7. The monoisotopic (exact) mass is 304 g/mol. The van der Waals surface area contributed by atoms with E-state index in [9.17, 15) is 4.79 Å². The maximum atomic E-state index is 12.4. The van der Waals surface area contributed by atoms with E-state index in [0.29, 0.717) is 13.0 Å². The highest BCUT2D eigenvalue weighted by Crippen LogP contribution is 2.36. The molecule has 1 aromatic carbocycles. The van der Waals surface area contributed by atoms with Crippen molar-refractivity contribution in [2.75, 3.05) is 13.7 Å². The summed E-state index contributed by atoms with van der Waals surface area (Å²) >= 11 is 0. The molecule has 118 valence electrons. The predicted octanol–water partition coefficient (Wildman–Crippen LogP) is 2.23. The number of rotatable bonds is 4. The van der Waals surface area contributed by atoms with E-state index in [-0.39, 0.29) is 23.9 Å². The Hall–Kier alpha value is -1.53. The lowest BCUT2D eigenvalue weighted by Crippen LogP contribution is -2.57. The van der Waals surface area contributed by atoms with Gasteiger partial charge in [0.15, 0.2) is 12.1 Å². The van der Waals surface area contributed by atoms with Crippen LogP contribution < -0.4 is 0 Å². The first-order valence-corrected chi connectivity index (χ1v) is 7.39. The van der Waals surface area contributed by atoms with Gasteiger partial charge in [0, 0.05) is 12.7 Å². The second-order valence-electron chi connectivity index (χ2n) is 5.45. The molecule has 0 aliphatic carbocycles. The minimum absolute atomic E-state index is 0.0997. The number of hydrogen-bond donors (Lipinski definition) is 0. The zero-order chi connectivity index (χ0) is 15.5. The Morgan fingerprint density at radius 2 is 2.09 bits per heavy atom. The van der Waals surface area contributed by atoms with Crippen molar-refractivity contribution in [3.8, 4) is 0 Å². The average molecular weight is 304 g/mol. The van der Waals surface area contributed by atoms with Gasteiger partial charge in [-0.1, -0.05) is 36.4 Å². The van der Waals surface area contributed by atoms with Gasteiger partial charge in [0.05, 0.1) is 18.6 Å². The summed E-state index contributed by atoms with van der Waals surface area (Å²) in [4.78, 5) is 12.4. The van der Waals surface area contributed by atoms with Crippen molar-refractivity contribution in [3.63, 3.8) is 0 Å². The Bertz CT molecular complexity index is 529. The van der Waals surface area contributed by atoms with Crippen LogP contribution in [0.25, 0.3) is 0 Å². The number of benzene rings is 1. The molecule has 0 N–H and O–H groups in total. The number of ketones is 1. The second-order valence-corrected chi connectivity index (χ2v) is 5.45. The fourth-order valence-electron chi connectivity index (χ4n) is 2.97. The zero-order valence-corrected chi connectivity index (χ0v) is 12.5. The lowest BCUT2D eigenvalue weighted by Gasteiger charge is -2.44. The third kappa shape index (κ3) is 2.85. The third-order valence-corrected chi connectivity index (χ3v) is 4.06. The van der Waals surface area contributed by atoms with Crippen molar-refractivity contribution < 1.29 is 23.7 Å². The first-order valence-electron chi connectivity index (χ1n) is 7.39. The van der Waals surface area contributed by atoms with Gasteiger partial charge in [-0.25, -0.2) is 0 Å². The van der Waals surface area contributed by atoms with Crippen LogP contribution in [0.5, 0.6) is 0 Å². The minimum atomic E-state index is -0.855. The Balaban J connectivity index is 1.80. The molecule has 22 heavy (non-hydrogen) atoms. The van der Waals surface area contributed by atoms with E-state index < -0.39 is 12.6 Å². The second kappa shape index (κ2) is 6.71. The smallest absolute Gasteiger partial charge is 0.218 e. The molecule has 2 fully saturated rings. The molecule has 5 nitrogen and oxygen atoms in total. The number of hydrogen-bond acceptors (Lipinski definition) is 5. The highest BCUT2D eigenvalue weighted by Gasteiger charge is 2.48. The van der Waals surface area contributed by atoms with E-state index in [0.717, 1.165) is 5.56 Å². The molecule has 0 amide bonds. The van der Waals surface area contributed by atoms with Crippen LogP contribution in [0.2, 0.25) is 0 Å². The number of carbonyl (C=O) groups is 1. The quantitative estimate of drug-likeness (QED) is 0.799. The van der Waals surface area contributed by atoms with Crippen molar-refractivity contribution >= 4 is 5.78 Å². The SMILES string of the molecule is C=CC[C@@H]1C(=O)[C@@H](OC)O[C@@H]2CO[C@@H](c3ccccc3)OC12. The number of methoxy groups -OCH3 is 1. The van der Waals surface area contributed by atoms with Crippen LogP contribution in [-0.2, 0) is 23.7 Å². The fraction of sp³-hybridized carbons (Fsp3) is 0.471. The van der Waals surface area contributed by atoms with Crippen LogP contribution in [0, 0.1) is 5.92 Å². The first kappa shape index (κ1) is 15.4. The van der Waals surface area contributed by atoms with Crippen molar-refractivity contribution in [2.45, 2.75) is 31.2 Å². The molecule has 1 aromatic rings. The third-order valence-electron chi connectivity index (χ3n) is 4.06. The van der Waals surface area contributed by atoms with Gasteiger partial charge in [-0.05, 0) is 6.42 Å². The van der Waals surface area contributed by atoms with E-state index >= 15 is 0 Å². The summed E-state index contributed by atoms with van der Waals surface area (Å²) in [6.45, 7) is 4.10. The van der Waals surface area contributed by atoms with Crippen LogP contribution in [-0.4, -0.2) is 38.0 Å². The van der Waals surface area contributed by atoms with Gasteiger partial charge in [0.25, 0.3) is 0 Å². The van der Waals surface area contributed by atoms with Gasteiger partial charge in [-0.3, -0.25) is 4.79 Å². The van der Waals surface area contributed by atoms with E-state index in [4.69, 9.17) is 18.9 Å². The molecular formula is C17H20O5. The van der Waals surface area contributed by atoms with Gasteiger partial charge in [0.1, 0.15) is 6.10 Å². The molecule has 5 atom stereocenters. The van der Waals surface area contributed by atoms with E-state index in [2.05, 4.69) is 6.58 Å². The topological polar surface area (TPSA) is 54.0 Å². The summed E-state index contributed by atoms with van der Waals surface area (Å²) in [7, 11) is 1.46. The maximum absolute atomic E-state index is 12.4. The van der Waals surface area contributed by atoms with Crippen LogP contribution in [0.1, 0.15) is 18.3 Å². The molecular weight excluding hydrogens is 284 g/mol. The molecule has 1 unspecified atom stereocenters. The summed E-state index contributed by atoms with van der Waals surface area (Å²) in [5.41, 5.74) is 0.930. The van der Waals surface area contributed by atoms with Gasteiger partial charge in [-0.2, -0.15) is 0 Å². The highest BCUT2D eigenvalue weighted by atomic mass is 16.7. The number of Topliss-reactive ketones (excluding diaryl/α,β-unsaturated/α-hetero) is 1. The zero-order valence-electron chi connectivity index (χ0n) is 12.5. The Morgan fingerprint density at radius 1 is 1.32 bits per heavy atom. The minimum Gasteiger partial charge on any atom is -0.349 e. The summed E-state index contributed by atoms with van der Waals surface area (Å²) in [5.74, 6) is -0.423. The molecule has 2 saturated heterocycles. The summed E-state index contributed by atoms with van der Waals surface area (Å²) in [5, 5.41) is 0. The van der Waals surface area contributed by atoms with Gasteiger partial charge in [0.2, 0.25) is 6.29 Å². The Labute approximate surface area is 129 Å². The van der Waals surface area contributed by atoms with Crippen LogP contribution in [0.15, 0.2) is 43.0 Å². The molecule has 3 rings (SSSR count). The molecule has 5 heteroatoms. The molecule has 2 heterocycles. The molecule has 0 aromatic heterocycles. The molecule has 0 saturated carbocycles. The maximum Gasteiger partial charge on any atom is 0.218 e. The number of ether oxygens (including phenoxy) is 4. The highest BCUT2D eigenvalue weighted by molar-refractivity contribution is 5.85. The standard InChI is InChI=1S/C17H20O5/c1-3-7-12-14(18)17(19-2)21-13-10-20-16(22-15(12)13)11-8-5-4-6-9-11/h3-6,8-9,12-13,15-17H,1,7,10H2,2H3/t12-,13-,15?,16-,17+/m1/s1.